The number of aryl methyl sites for hydroxylation is 1. The van der Waals surface area contributed by atoms with Crippen molar-refractivity contribution in [1.82, 2.24) is 10.4 Å². The molecule has 0 bridgehead atoms. The molecule has 2 amide bonds. The van der Waals surface area contributed by atoms with Gasteiger partial charge in [-0.05, 0) is 66.2 Å². The van der Waals surface area contributed by atoms with Crippen LogP contribution in [0, 0.1) is 6.92 Å². The summed E-state index contributed by atoms with van der Waals surface area (Å²) in [5, 5.41) is 1.64. The number of amides is 2. The highest BCUT2D eigenvalue weighted by molar-refractivity contribution is 8.26. The molecule has 1 N–H and O–H groups in total. The topological polar surface area (TPSA) is 67.9 Å². The summed E-state index contributed by atoms with van der Waals surface area (Å²) in [4.78, 5) is 26.0. The second-order valence-electron chi connectivity index (χ2n) is 7.75. The van der Waals surface area contributed by atoms with Gasteiger partial charge in [0.05, 0.1) is 27.6 Å². The van der Waals surface area contributed by atoms with E-state index in [0.29, 0.717) is 33.6 Å². The smallest absolute Gasteiger partial charge is 0.285 e. The molecule has 0 unspecified atom stereocenters. The molecule has 1 fully saturated rings. The first-order chi connectivity index (χ1) is 17.3. The van der Waals surface area contributed by atoms with Crippen LogP contribution in [0.5, 0.6) is 11.5 Å². The molecule has 3 aromatic rings. The average molecular weight is 559 g/mol. The summed E-state index contributed by atoms with van der Waals surface area (Å²) in [6, 6.07) is 18.1. The zero-order valence-electron chi connectivity index (χ0n) is 19.2. The molecule has 1 heterocycles. The first-order valence-electron chi connectivity index (χ1n) is 10.7. The maximum atomic E-state index is 13.0. The van der Waals surface area contributed by atoms with Gasteiger partial charge in [-0.25, -0.2) is 0 Å². The number of nitrogens with one attached hydrogen (secondary N) is 1. The molecule has 1 saturated heterocycles. The number of benzene rings is 3. The number of thioether (sulfide) groups is 1. The minimum Gasteiger partial charge on any atom is -0.493 e. The lowest BCUT2D eigenvalue weighted by Gasteiger charge is -2.16. The Hall–Kier alpha value is -3.04. The van der Waals surface area contributed by atoms with Gasteiger partial charge in [0, 0.05) is 0 Å². The fraction of sp³-hybridized carbons (Fsp3) is 0.115. The molecular formula is C26H20Cl2N2O4S2. The van der Waals surface area contributed by atoms with Gasteiger partial charge in [-0.2, -0.15) is 5.01 Å². The van der Waals surface area contributed by atoms with E-state index in [4.69, 9.17) is 44.9 Å². The number of halogens is 2. The highest BCUT2D eigenvalue weighted by Gasteiger charge is 2.34. The SMILES string of the molecule is COc1cc(/C=C2\SC(=S)N(NC(=O)c3ccc(C)cc3Cl)C2=O)cc(Cl)c1OCc1ccccc1. The Kier molecular flexibility index (Phi) is 8.21. The Morgan fingerprint density at radius 2 is 1.86 bits per heavy atom. The van der Waals surface area contributed by atoms with E-state index in [1.165, 1.54) is 7.11 Å². The number of hydrogen-bond acceptors (Lipinski definition) is 6. The number of methoxy groups -OCH3 is 1. The molecule has 4 rings (SSSR count). The van der Waals surface area contributed by atoms with Gasteiger partial charge in [0.25, 0.3) is 11.8 Å². The van der Waals surface area contributed by atoms with Crippen molar-refractivity contribution in [3.05, 3.63) is 97.9 Å². The van der Waals surface area contributed by atoms with Crippen LogP contribution in [-0.4, -0.2) is 28.3 Å². The van der Waals surface area contributed by atoms with E-state index in [-0.39, 0.29) is 14.9 Å². The van der Waals surface area contributed by atoms with Crippen molar-refractivity contribution in [1.29, 1.82) is 0 Å². The van der Waals surface area contributed by atoms with Crippen molar-refractivity contribution in [2.75, 3.05) is 7.11 Å². The fourth-order valence-electron chi connectivity index (χ4n) is 3.37. The van der Waals surface area contributed by atoms with Crippen LogP contribution in [0.15, 0.2) is 65.6 Å². The minimum absolute atomic E-state index is 0.184. The normalized spacial score (nSPS) is 14.3. The van der Waals surface area contributed by atoms with E-state index in [1.54, 1.807) is 36.4 Å². The third-order valence-electron chi connectivity index (χ3n) is 5.15. The lowest BCUT2D eigenvalue weighted by molar-refractivity contribution is -0.123. The predicted octanol–water partition coefficient (Wildman–Crippen LogP) is 6.44. The Labute approximate surface area is 228 Å². The maximum Gasteiger partial charge on any atom is 0.285 e. The van der Waals surface area contributed by atoms with Crippen LogP contribution in [-0.2, 0) is 11.4 Å². The number of hydrazine groups is 1. The van der Waals surface area contributed by atoms with Crippen LogP contribution in [0.1, 0.15) is 27.0 Å². The van der Waals surface area contributed by atoms with Gasteiger partial charge >= 0.3 is 0 Å². The molecule has 6 nitrogen and oxygen atoms in total. The van der Waals surface area contributed by atoms with Crippen molar-refractivity contribution in [3.63, 3.8) is 0 Å². The number of nitrogens with zero attached hydrogens (tertiary/aromatic N) is 1. The molecule has 1 aliphatic rings. The second-order valence-corrected chi connectivity index (χ2v) is 10.2. The first-order valence-corrected chi connectivity index (χ1v) is 12.6. The van der Waals surface area contributed by atoms with Gasteiger partial charge in [0.1, 0.15) is 6.61 Å². The van der Waals surface area contributed by atoms with Crippen LogP contribution in [0.25, 0.3) is 6.08 Å². The quantitative estimate of drug-likeness (QED) is 0.266. The minimum atomic E-state index is -0.540. The molecule has 0 aromatic heterocycles. The molecule has 0 radical (unpaired) electrons. The lowest BCUT2D eigenvalue weighted by atomic mass is 10.1. The Balaban J connectivity index is 1.52. The van der Waals surface area contributed by atoms with Gasteiger partial charge in [-0.1, -0.05) is 71.4 Å². The van der Waals surface area contributed by atoms with E-state index in [9.17, 15) is 9.59 Å². The van der Waals surface area contributed by atoms with Gasteiger partial charge in [-0.3, -0.25) is 15.0 Å². The van der Waals surface area contributed by atoms with Gasteiger partial charge < -0.3 is 9.47 Å². The van der Waals surface area contributed by atoms with Crippen LogP contribution < -0.4 is 14.9 Å². The molecule has 0 aliphatic carbocycles. The number of ether oxygens (including phenoxy) is 2. The molecule has 0 saturated carbocycles. The fourth-order valence-corrected chi connectivity index (χ4v) is 5.15. The number of rotatable bonds is 7. The summed E-state index contributed by atoms with van der Waals surface area (Å²) in [5.41, 5.74) is 5.28. The molecule has 0 spiro atoms. The van der Waals surface area contributed by atoms with Crippen molar-refractivity contribution in [2.24, 2.45) is 0 Å². The molecule has 0 atom stereocenters. The van der Waals surface area contributed by atoms with Crippen molar-refractivity contribution in [3.8, 4) is 11.5 Å². The Morgan fingerprint density at radius 1 is 1.11 bits per heavy atom. The number of carbonyl (C=O) groups is 2. The number of hydrogen-bond donors (Lipinski definition) is 1. The molecule has 10 heteroatoms. The predicted molar refractivity (Wildman–Crippen MR) is 147 cm³/mol. The van der Waals surface area contributed by atoms with Gasteiger partial charge in [0.15, 0.2) is 15.8 Å². The van der Waals surface area contributed by atoms with E-state index >= 15 is 0 Å². The summed E-state index contributed by atoms with van der Waals surface area (Å²) in [7, 11) is 1.51. The van der Waals surface area contributed by atoms with E-state index in [0.717, 1.165) is 27.9 Å². The highest BCUT2D eigenvalue weighted by atomic mass is 35.5. The molecular weight excluding hydrogens is 539 g/mol. The number of thiocarbonyl (C=S) groups is 1. The van der Waals surface area contributed by atoms with Crippen LogP contribution in [0.4, 0.5) is 0 Å². The van der Waals surface area contributed by atoms with Crippen LogP contribution in [0.3, 0.4) is 0 Å². The zero-order chi connectivity index (χ0) is 25.8. The van der Waals surface area contributed by atoms with E-state index in [2.05, 4.69) is 5.43 Å². The summed E-state index contributed by atoms with van der Waals surface area (Å²) in [5.74, 6) is -0.194. The van der Waals surface area contributed by atoms with Crippen LogP contribution in [0.2, 0.25) is 10.0 Å². The third-order valence-corrected chi connectivity index (χ3v) is 7.05. The summed E-state index contributed by atoms with van der Waals surface area (Å²) in [6.07, 6.45) is 1.62. The van der Waals surface area contributed by atoms with Gasteiger partial charge in [-0.15, -0.1) is 0 Å². The maximum absolute atomic E-state index is 13.0. The monoisotopic (exact) mass is 558 g/mol. The van der Waals surface area contributed by atoms with Crippen molar-refractivity contribution < 1.29 is 19.1 Å². The summed E-state index contributed by atoms with van der Waals surface area (Å²) in [6.45, 7) is 2.18. The third kappa shape index (κ3) is 5.84. The molecule has 36 heavy (non-hydrogen) atoms. The van der Waals surface area contributed by atoms with Gasteiger partial charge in [0.2, 0.25) is 0 Å². The Bertz CT molecular complexity index is 1380. The van der Waals surface area contributed by atoms with E-state index < -0.39 is 11.8 Å². The molecule has 184 valence electrons. The summed E-state index contributed by atoms with van der Waals surface area (Å²) >= 11 is 19.0. The summed E-state index contributed by atoms with van der Waals surface area (Å²) < 4.78 is 11.5. The van der Waals surface area contributed by atoms with E-state index in [1.807, 2.05) is 37.3 Å². The first kappa shape index (κ1) is 26.0. The largest absolute Gasteiger partial charge is 0.493 e. The highest BCUT2D eigenvalue weighted by Crippen LogP contribution is 2.39. The molecule has 1 aliphatic heterocycles. The molecule has 3 aromatic carbocycles. The lowest BCUT2D eigenvalue weighted by Crippen LogP contribution is -2.44. The standard InChI is InChI=1S/C26H20Cl2N2O4S2/c1-15-8-9-18(19(27)10-15)24(31)29-30-25(32)22(36-26(30)35)13-17-11-20(28)23(21(12-17)33-2)34-14-16-6-4-3-5-7-16/h3-13H,14H2,1-2H3,(H,29,31)/b22-13-. The Morgan fingerprint density at radius 3 is 2.56 bits per heavy atom. The van der Waals surface area contributed by atoms with Crippen LogP contribution >= 0.6 is 47.2 Å². The van der Waals surface area contributed by atoms with Crippen molar-refractivity contribution in [2.45, 2.75) is 13.5 Å². The van der Waals surface area contributed by atoms with Crippen molar-refractivity contribution >= 4 is 69.4 Å². The number of carbonyl (C=O) groups excluding carboxylic acids is 2. The average Bonchev–Trinajstić information content (AvgIpc) is 3.10. The zero-order valence-corrected chi connectivity index (χ0v) is 22.4. The second kappa shape index (κ2) is 11.3.